The molecular formula is C11H10ClN5. The Hall–Kier alpha value is -2.06. The maximum Gasteiger partial charge on any atom is 0.151 e. The van der Waals surface area contributed by atoms with E-state index in [1.165, 1.54) is 0 Å². The van der Waals surface area contributed by atoms with Crippen molar-refractivity contribution >= 4 is 17.3 Å². The molecule has 0 saturated carbocycles. The third-order valence-corrected chi connectivity index (χ3v) is 2.65. The number of nitrogens with zero attached hydrogens (tertiary/aromatic N) is 4. The van der Waals surface area contributed by atoms with E-state index in [0.29, 0.717) is 17.1 Å². The Morgan fingerprint density at radius 1 is 1.53 bits per heavy atom. The van der Waals surface area contributed by atoms with E-state index in [9.17, 15) is 0 Å². The largest absolute Gasteiger partial charge is 0.377 e. The monoisotopic (exact) mass is 247 g/mol. The number of rotatable bonds is 3. The van der Waals surface area contributed by atoms with Gasteiger partial charge in [-0.25, -0.2) is 0 Å². The predicted octanol–water partition coefficient (Wildman–Crippen LogP) is 1.95. The Morgan fingerprint density at radius 2 is 2.35 bits per heavy atom. The molecule has 0 spiro atoms. The van der Waals surface area contributed by atoms with E-state index in [2.05, 4.69) is 15.5 Å². The Bertz CT molecular complexity index is 569. The second-order valence-corrected chi connectivity index (χ2v) is 3.93. The number of nitrogens with one attached hydrogen (secondary N) is 1. The summed E-state index contributed by atoms with van der Waals surface area (Å²) in [5, 5.41) is 20.1. The van der Waals surface area contributed by atoms with Gasteiger partial charge in [-0.05, 0) is 18.2 Å². The van der Waals surface area contributed by atoms with Crippen LogP contribution in [-0.2, 0) is 13.6 Å². The molecule has 0 fully saturated rings. The molecule has 0 atom stereocenters. The third kappa shape index (κ3) is 2.55. The fraction of sp³-hybridized carbons (Fsp3) is 0.182. The molecule has 17 heavy (non-hydrogen) atoms. The number of hydrogen-bond donors (Lipinski definition) is 1. The van der Waals surface area contributed by atoms with Crippen molar-refractivity contribution in [1.29, 1.82) is 5.26 Å². The summed E-state index contributed by atoms with van der Waals surface area (Å²) in [4.78, 5) is 0. The molecule has 86 valence electrons. The average Bonchev–Trinajstić information content (AvgIpc) is 2.73. The summed E-state index contributed by atoms with van der Waals surface area (Å²) in [6.45, 7) is 0.530. The highest BCUT2D eigenvalue weighted by atomic mass is 35.5. The molecular weight excluding hydrogens is 238 g/mol. The van der Waals surface area contributed by atoms with Crippen molar-refractivity contribution in [2.24, 2.45) is 7.05 Å². The molecule has 6 heteroatoms. The second-order valence-electron chi connectivity index (χ2n) is 3.52. The zero-order valence-corrected chi connectivity index (χ0v) is 9.94. The van der Waals surface area contributed by atoms with Crippen molar-refractivity contribution in [1.82, 2.24) is 14.8 Å². The molecule has 1 aromatic heterocycles. The van der Waals surface area contributed by atoms with Gasteiger partial charge in [-0.3, -0.25) is 0 Å². The van der Waals surface area contributed by atoms with Gasteiger partial charge in [0.25, 0.3) is 0 Å². The first-order valence-corrected chi connectivity index (χ1v) is 5.35. The maximum atomic E-state index is 8.72. The van der Waals surface area contributed by atoms with E-state index >= 15 is 0 Å². The third-order valence-electron chi connectivity index (χ3n) is 2.34. The number of anilines is 1. The molecule has 0 bridgehead atoms. The van der Waals surface area contributed by atoms with Crippen LogP contribution in [0.4, 0.5) is 5.69 Å². The highest BCUT2D eigenvalue weighted by Gasteiger charge is 2.04. The summed E-state index contributed by atoms with van der Waals surface area (Å²) in [5.41, 5.74) is 1.31. The molecule has 0 radical (unpaired) electrons. The summed E-state index contributed by atoms with van der Waals surface area (Å²) in [6.07, 6.45) is 1.64. The molecule has 0 aliphatic rings. The van der Waals surface area contributed by atoms with Crippen LogP contribution in [0, 0.1) is 11.3 Å². The van der Waals surface area contributed by atoms with E-state index in [1.807, 2.05) is 17.7 Å². The predicted molar refractivity (Wildman–Crippen MR) is 64.5 cm³/mol. The Labute approximate surface area is 104 Å². The molecule has 0 saturated heterocycles. The van der Waals surface area contributed by atoms with Crippen molar-refractivity contribution in [2.75, 3.05) is 5.32 Å². The van der Waals surface area contributed by atoms with Gasteiger partial charge in [-0.2, -0.15) is 5.26 Å². The fourth-order valence-corrected chi connectivity index (χ4v) is 1.62. The van der Waals surface area contributed by atoms with Crippen LogP contribution in [-0.4, -0.2) is 14.8 Å². The second kappa shape index (κ2) is 4.85. The summed E-state index contributed by atoms with van der Waals surface area (Å²) in [7, 11) is 1.87. The topological polar surface area (TPSA) is 66.5 Å². The first kappa shape index (κ1) is 11.4. The van der Waals surface area contributed by atoms with Gasteiger partial charge >= 0.3 is 0 Å². The Balaban J connectivity index is 2.10. The minimum Gasteiger partial charge on any atom is -0.377 e. The number of aryl methyl sites for hydroxylation is 1. The number of benzene rings is 1. The lowest BCUT2D eigenvalue weighted by Crippen LogP contribution is -2.06. The average molecular weight is 248 g/mol. The van der Waals surface area contributed by atoms with Gasteiger partial charge in [0.15, 0.2) is 5.82 Å². The SMILES string of the molecule is Cn1cnnc1CNc1ccc(C#N)cc1Cl. The van der Waals surface area contributed by atoms with E-state index in [4.69, 9.17) is 16.9 Å². The molecule has 0 aliphatic heterocycles. The lowest BCUT2D eigenvalue weighted by atomic mass is 10.2. The van der Waals surface area contributed by atoms with Crippen LogP contribution in [0.15, 0.2) is 24.5 Å². The van der Waals surface area contributed by atoms with Crippen LogP contribution < -0.4 is 5.32 Å². The molecule has 0 amide bonds. The lowest BCUT2D eigenvalue weighted by Gasteiger charge is -2.07. The molecule has 5 nitrogen and oxygen atoms in total. The summed E-state index contributed by atoms with van der Waals surface area (Å²) >= 11 is 6.03. The molecule has 1 heterocycles. The van der Waals surface area contributed by atoms with Crippen LogP contribution in [0.1, 0.15) is 11.4 Å². The Kier molecular flexibility index (Phi) is 3.26. The highest BCUT2D eigenvalue weighted by Crippen LogP contribution is 2.23. The number of aromatic nitrogens is 3. The molecule has 1 aromatic carbocycles. The van der Waals surface area contributed by atoms with Gasteiger partial charge < -0.3 is 9.88 Å². The molecule has 0 aliphatic carbocycles. The minimum atomic E-state index is 0.520. The first-order chi connectivity index (χ1) is 8.20. The summed E-state index contributed by atoms with van der Waals surface area (Å²) < 4.78 is 1.82. The van der Waals surface area contributed by atoms with E-state index < -0.39 is 0 Å². The number of hydrogen-bond acceptors (Lipinski definition) is 4. The molecule has 1 N–H and O–H groups in total. The van der Waals surface area contributed by atoms with Crippen LogP contribution in [0.25, 0.3) is 0 Å². The quantitative estimate of drug-likeness (QED) is 0.900. The zero-order chi connectivity index (χ0) is 12.3. The van der Waals surface area contributed by atoms with Crippen molar-refractivity contribution in [3.05, 3.63) is 40.9 Å². The standard InChI is InChI=1S/C11H10ClN5/c1-17-7-15-16-11(17)6-14-10-3-2-8(5-13)4-9(10)12/h2-4,7,14H,6H2,1H3. The minimum absolute atomic E-state index is 0.520. The van der Waals surface area contributed by atoms with Crippen molar-refractivity contribution in [3.8, 4) is 6.07 Å². The van der Waals surface area contributed by atoms with Crippen molar-refractivity contribution in [2.45, 2.75) is 6.54 Å². The van der Waals surface area contributed by atoms with Crippen LogP contribution in [0.3, 0.4) is 0 Å². The molecule has 2 rings (SSSR count). The Morgan fingerprint density at radius 3 is 2.94 bits per heavy atom. The van der Waals surface area contributed by atoms with Crippen molar-refractivity contribution in [3.63, 3.8) is 0 Å². The zero-order valence-electron chi connectivity index (χ0n) is 9.18. The van der Waals surface area contributed by atoms with Crippen molar-refractivity contribution < 1.29 is 0 Å². The fourth-order valence-electron chi connectivity index (χ4n) is 1.37. The van der Waals surface area contributed by atoms with Crippen LogP contribution in [0.5, 0.6) is 0 Å². The number of nitriles is 1. The summed E-state index contributed by atoms with van der Waals surface area (Å²) in [5.74, 6) is 0.811. The van der Waals surface area contributed by atoms with Gasteiger partial charge in [0.1, 0.15) is 6.33 Å². The van der Waals surface area contributed by atoms with Gasteiger partial charge in [0, 0.05) is 7.05 Å². The first-order valence-electron chi connectivity index (χ1n) is 4.97. The number of halogens is 1. The lowest BCUT2D eigenvalue weighted by molar-refractivity contribution is 0.812. The normalized spacial score (nSPS) is 9.94. The smallest absolute Gasteiger partial charge is 0.151 e. The van der Waals surface area contributed by atoms with Gasteiger partial charge in [-0.15, -0.1) is 10.2 Å². The van der Waals surface area contributed by atoms with Gasteiger partial charge in [0.05, 0.1) is 28.9 Å². The molecule has 2 aromatic rings. The van der Waals surface area contributed by atoms with Crippen LogP contribution >= 0.6 is 11.6 Å². The van der Waals surface area contributed by atoms with Crippen LogP contribution in [0.2, 0.25) is 5.02 Å². The highest BCUT2D eigenvalue weighted by molar-refractivity contribution is 6.33. The van der Waals surface area contributed by atoms with E-state index in [-0.39, 0.29) is 0 Å². The summed E-state index contributed by atoms with van der Waals surface area (Å²) in [6, 6.07) is 7.15. The van der Waals surface area contributed by atoms with Gasteiger partial charge in [0.2, 0.25) is 0 Å². The molecule has 0 unspecified atom stereocenters. The van der Waals surface area contributed by atoms with E-state index in [1.54, 1.807) is 24.5 Å². The van der Waals surface area contributed by atoms with E-state index in [0.717, 1.165) is 11.5 Å². The maximum absolute atomic E-state index is 8.72. The van der Waals surface area contributed by atoms with Gasteiger partial charge in [-0.1, -0.05) is 11.6 Å².